The zero-order valence-corrected chi connectivity index (χ0v) is 19.3. The highest BCUT2D eigenvalue weighted by Gasteiger charge is 2.20. The molecule has 0 aliphatic rings. The Balaban J connectivity index is 2.31. The van der Waals surface area contributed by atoms with Crippen LogP contribution in [0.3, 0.4) is 0 Å². The molecule has 170 valence electrons. The summed E-state index contributed by atoms with van der Waals surface area (Å²) in [6.07, 6.45) is 0. The van der Waals surface area contributed by atoms with Gasteiger partial charge in [-0.2, -0.15) is 0 Å². The Kier molecular flexibility index (Phi) is 9.56. The molecule has 0 unspecified atom stereocenters. The molecule has 0 radical (unpaired) electrons. The Morgan fingerprint density at radius 2 is 1.53 bits per heavy atom. The summed E-state index contributed by atoms with van der Waals surface area (Å²) in [6.45, 7) is 6.14. The summed E-state index contributed by atoms with van der Waals surface area (Å²) in [4.78, 5) is 27.1. The fourth-order valence-corrected chi connectivity index (χ4v) is 3.10. The second kappa shape index (κ2) is 12.4. The molecular weight excluding hydrogens is 410 g/mol. The lowest BCUT2D eigenvalue weighted by Crippen LogP contribution is -2.20. The third kappa shape index (κ3) is 6.24. The number of benzene rings is 2. The molecule has 0 fully saturated rings. The van der Waals surface area contributed by atoms with Crippen molar-refractivity contribution in [2.75, 3.05) is 28.1 Å². The van der Waals surface area contributed by atoms with E-state index in [9.17, 15) is 4.79 Å². The van der Waals surface area contributed by atoms with Gasteiger partial charge in [-0.05, 0) is 26.3 Å². The van der Waals surface area contributed by atoms with Crippen LogP contribution in [0.25, 0.3) is 0 Å². The summed E-state index contributed by atoms with van der Waals surface area (Å²) >= 11 is 0. The summed E-state index contributed by atoms with van der Waals surface area (Å²) in [5.74, 6) is -0.599. The Hall–Kier alpha value is -3.52. The van der Waals surface area contributed by atoms with Crippen molar-refractivity contribution in [3.05, 3.63) is 70.3 Å². The molecule has 0 amide bonds. The second-order valence-electron chi connectivity index (χ2n) is 6.87. The molecule has 0 heterocycles. The quantitative estimate of drug-likeness (QED) is 0.318. The van der Waals surface area contributed by atoms with E-state index < -0.39 is 5.97 Å². The number of carbonyl (C=O) groups excluding carboxylic acids is 1. The van der Waals surface area contributed by atoms with Crippen LogP contribution in [0, 0.1) is 6.92 Å². The number of rotatable bonds is 10. The smallest absolute Gasteiger partial charge is 0.360 e. The highest BCUT2D eigenvalue weighted by Crippen LogP contribution is 2.19. The van der Waals surface area contributed by atoms with Crippen LogP contribution < -0.4 is 0 Å². The minimum atomic E-state index is -0.599. The molecule has 2 rings (SSSR count). The predicted octanol–water partition coefficient (Wildman–Crippen LogP) is 3.87. The van der Waals surface area contributed by atoms with Crippen LogP contribution in [-0.4, -0.2) is 51.2 Å². The first-order valence-corrected chi connectivity index (χ1v) is 9.99. The van der Waals surface area contributed by atoms with Gasteiger partial charge >= 0.3 is 5.97 Å². The van der Waals surface area contributed by atoms with E-state index in [4.69, 9.17) is 19.1 Å². The largest absolute Gasteiger partial charge is 0.464 e. The summed E-state index contributed by atoms with van der Waals surface area (Å²) in [5.41, 5.74) is 5.71. The number of aliphatic imine (C=N–C) groups is 1. The minimum Gasteiger partial charge on any atom is -0.464 e. The van der Waals surface area contributed by atoms with Crippen LogP contribution in [0.1, 0.15) is 41.7 Å². The van der Waals surface area contributed by atoms with E-state index in [0.717, 1.165) is 28.0 Å². The van der Waals surface area contributed by atoms with Gasteiger partial charge in [0.25, 0.3) is 0 Å². The molecule has 2 aromatic rings. The van der Waals surface area contributed by atoms with Gasteiger partial charge < -0.3 is 19.1 Å². The number of aryl methyl sites for hydroxylation is 1. The number of methoxy groups -OCH3 is 2. The van der Waals surface area contributed by atoms with Gasteiger partial charge in [-0.1, -0.05) is 52.8 Å². The van der Waals surface area contributed by atoms with Crippen molar-refractivity contribution < 1.29 is 23.9 Å². The molecule has 0 spiro atoms. The third-order valence-electron chi connectivity index (χ3n) is 4.77. The molecule has 0 aliphatic carbocycles. The van der Waals surface area contributed by atoms with Crippen LogP contribution in [0.5, 0.6) is 0 Å². The number of nitrogens with zero attached hydrogens (tertiary/aromatic N) is 3. The van der Waals surface area contributed by atoms with E-state index in [-0.39, 0.29) is 19.0 Å². The number of hydrogen-bond donors (Lipinski definition) is 0. The zero-order chi connectivity index (χ0) is 23.5. The highest BCUT2D eigenvalue weighted by molar-refractivity contribution is 6.43. The first-order chi connectivity index (χ1) is 15.4. The number of hydrogen-bond acceptors (Lipinski definition) is 8. The summed E-state index contributed by atoms with van der Waals surface area (Å²) < 4.78 is 9.88. The summed E-state index contributed by atoms with van der Waals surface area (Å²) in [6, 6.07) is 13.3. The van der Waals surface area contributed by atoms with Crippen molar-refractivity contribution in [1.29, 1.82) is 0 Å². The van der Waals surface area contributed by atoms with Crippen molar-refractivity contribution >= 4 is 23.1 Å². The van der Waals surface area contributed by atoms with E-state index in [1.165, 1.54) is 14.2 Å². The molecule has 0 saturated carbocycles. The number of esters is 1. The van der Waals surface area contributed by atoms with Crippen LogP contribution >= 0.6 is 0 Å². The minimum absolute atomic E-state index is 0.0633. The van der Waals surface area contributed by atoms with Crippen LogP contribution in [0.4, 0.5) is 0 Å². The maximum absolute atomic E-state index is 12.2. The Morgan fingerprint density at radius 3 is 2.16 bits per heavy atom. The van der Waals surface area contributed by atoms with Crippen molar-refractivity contribution in [3.63, 3.8) is 0 Å². The second-order valence-corrected chi connectivity index (χ2v) is 6.87. The molecule has 32 heavy (non-hydrogen) atoms. The molecule has 0 atom stereocenters. The summed E-state index contributed by atoms with van der Waals surface area (Å²) in [7, 11) is 4.27. The Morgan fingerprint density at radius 1 is 0.875 bits per heavy atom. The van der Waals surface area contributed by atoms with Gasteiger partial charge in [0.15, 0.2) is 5.71 Å². The molecule has 0 bridgehead atoms. The Labute approximate surface area is 188 Å². The average molecular weight is 440 g/mol. The Bertz CT molecular complexity index is 1030. The molecule has 8 heteroatoms. The van der Waals surface area contributed by atoms with Crippen LogP contribution in [-0.2, 0) is 30.6 Å². The standard InChI is InChI=1S/C24H29N3O5/c1-16-10-9-13-21(23(27-31-6)24(28)30-5)22(16)14-32-26-18(3)20-12-8-7-11-19(20)17(2)25-15-29-4/h7-13H,14-15H2,1-6H3/b25-17-,26-18+,27-23+. The maximum Gasteiger partial charge on any atom is 0.360 e. The topological polar surface area (TPSA) is 91.1 Å². The molecule has 0 N–H and O–H groups in total. The predicted molar refractivity (Wildman–Crippen MR) is 124 cm³/mol. The molecule has 0 aliphatic heterocycles. The van der Waals surface area contributed by atoms with Gasteiger partial charge in [-0.25, -0.2) is 4.79 Å². The van der Waals surface area contributed by atoms with Crippen molar-refractivity contribution in [1.82, 2.24) is 0 Å². The highest BCUT2D eigenvalue weighted by atomic mass is 16.6. The molecule has 2 aromatic carbocycles. The molecular formula is C24H29N3O5. The zero-order valence-electron chi connectivity index (χ0n) is 19.3. The van der Waals surface area contributed by atoms with E-state index in [2.05, 4.69) is 15.3 Å². The van der Waals surface area contributed by atoms with Crippen molar-refractivity contribution in [2.24, 2.45) is 15.3 Å². The van der Waals surface area contributed by atoms with E-state index in [1.807, 2.05) is 57.2 Å². The van der Waals surface area contributed by atoms with Gasteiger partial charge in [0.2, 0.25) is 0 Å². The van der Waals surface area contributed by atoms with Gasteiger partial charge in [0.05, 0.1) is 12.8 Å². The van der Waals surface area contributed by atoms with Gasteiger partial charge in [0.1, 0.15) is 20.4 Å². The molecule has 0 saturated heterocycles. The summed E-state index contributed by atoms with van der Waals surface area (Å²) in [5, 5.41) is 8.15. The van der Waals surface area contributed by atoms with Crippen LogP contribution in [0.2, 0.25) is 0 Å². The fourth-order valence-electron chi connectivity index (χ4n) is 3.10. The SMILES string of the molecule is COC/N=C(/C)c1ccccc1/C(C)=N/OCc1c(C)cccc1/C(=N\OC)C(=O)OC. The van der Waals surface area contributed by atoms with Gasteiger partial charge in [-0.3, -0.25) is 4.99 Å². The number of carbonyl (C=O) groups is 1. The number of ether oxygens (including phenoxy) is 2. The first kappa shape index (κ1) is 24.7. The van der Waals surface area contributed by atoms with Gasteiger partial charge in [-0.15, -0.1) is 0 Å². The number of oxime groups is 2. The monoisotopic (exact) mass is 439 g/mol. The first-order valence-electron chi connectivity index (χ1n) is 9.99. The van der Waals surface area contributed by atoms with Crippen LogP contribution in [0.15, 0.2) is 57.8 Å². The van der Waals surface area contributed by atoms with Crippen molar-refractivity contribution in [2.45, 2.75) is 27.4 Å². The third-order valence-corrected chi connectivity index (χ3v) is 4.77. The maximum atomic E-state index is 12.2. The van der Waals surface area contributed by atoms with E-state index >= 15 is 0 Å². The van der Waals surface area contributed by atoms with Gasteiger partial charge in [0, 0.05) is 35.1 Å². The van der Waals surface area contributed by atoms with Crippen molar-refractivity contribution in [3.8, 4) is 0 Å². The lowest BCUT2D eigenvalue weighted by molar-refractivity contribution is -0.132. The van der Waals surface area contributed by atoms with E-state index in [1.54, 1.807) is 13.2 Å². The van der Waals surface area contributed by atoms with E-state index in [0.29, 0.717) is 11.3 Å². The fraction of sp³-hybridized carbons (Fsp3) is 0.333. The lowest BCUT2D eigenvalue weighted by atomic mass is 9.99. The molecule has 0 aromatic heterocycles. The normalized spacial score (nSPS) is 12.5. The average Bonchev–Trinajstić information content (AvgIpc) is 2.81. The lowest BCUT2D eigenvalue weighted by Gasteiger charge is -2.13. The molecule has 8 nitrogen and oxygen atoms in total.